The molecular formula is C16H26N6O2S2. The van der Waals surface area contributed by atoms with E-state index >= 15 is 0 Å². The average Bonchev–Trinajstić information content (AvgIpc) is 3.28. The second-order valence-electron chi connectivity index (χ2n) is 5.75. The van der Waals surface area contributed by atoms with Crippen molar-refractivity contribution in [2.45, 2.75) is 30.6 Å². The van der Waals surface area contributed by atoms with Gasteiger partial charge in [-0.3, -0.25) is 4.68 Å². The molecule has 2 aromatic rings. The molecule has 144 valence electrons. The van der Waals surface area contributed by atoms with Crippen LogP contribution in [0, 0.1) is 0 Å². The highest BCUT2D eigenvalue weighted by Gasteiger charge is 2.19. The SMILES string of the molecule is CCNC(=NCc1ccc(S(=O)(=O)N(C)C)s1)NCCCn1cccn1. The van der Waals surface area contributed by atoms with Crippen LogP contribution in [-0.4, -0.2) is 55.6 Å². The normalized spacial score (nSPS) is 12.5. The van der Waals surface area contributed by atoms with Gasteiger partial charge in [-0.15, -0.1) is 11.3 Å². The predicted octanol–water partition coefficient (Wildman–Crippen LogP) is 1.34. The maximum atomic E-state index is 12.1. The number of aryl methyl sites for hydroxylation is 1. The molecule has 0 fully saturated rings. The Morgan fingerprint density at radius 2 is 2.15 bits per heavy atom. The summed E-state index contributed by atoms with van der Waals surface area (Å²) in [5, 5.41) is 10.7. The Morgan fingerprint density at radius 1 is 1.35 bits per heavy atom. The third kappa shape index (κ3) is 5.82. The third-order valence-corrected chi connectivity index (χ3v) is 6.88. The highest BCUT2D eigenvalue weighted by Crippen LogP contribution is 2.24. The van der Waals surface area contributed by atoms with Crippen molar-refractivity contribution in [3.05, 3.63) is 35.5 Å². The number of thiophene rings is 1. The minimum atomic E-state index is -3.38. The standard InChI is InChI=1S/C16H26N6O2S2/c1-4-17-16(18-9-5-11-22-12-6-10-20-22)19-13-14-7-8-15(25-14)26(23,24)21(2)3/h6-8,10,12H,4-5,9,11,13H2,1-3H3,(H2,17,18,19). The number of rotatable bonds is 9. The number of nitrogens with zero attached hydrogens (tertiary/aromatic N) is 4. The molecule has 0 aliphatic carbocycles. The molecule has 0 bridgehead atoms. The summed E-state index contributed by atoms with van der Waals surface area (Å²) in [6, 6.07) is 5.35. The van der Waals surface area contributed by atoms with Crippen molar-refractivity contribution >= 4 is 27.3 Å². The van der Waals surface area contributed by atoms with E-state index in [1.54, 1.807) is 12.3 Å². The molecule has 26 heavy (non-hydrogen) atoms. The van der Waals surface area contributed by atoms with E-state index in [0.717, 1.165) is 36.9 Å². The van der Waals surface area contributed by atoms with Crippen molar-refractivity contribution in [2.24, 2.45) is 4.99 Å². The number of hydrogen-bond acceptors (Lipinski definition) is 5. The van der Waals surface area contributed by atoms with Crippen molar-refractivity contribution in [2.75, 3.05) is 27.2 Å². The van der Waals surface area contributed by atoms with Crippen LogP contribution in [0.4, 0.5) is 0 Å². The predicted molar refractivity (Wildman–Crippen MR) is 105 cm³/mol. The van der Waals surface area contributed by atoms with Crippen LogP contribution in [0.5, 0.6) is 0 Å². The lowest BCUT2D eigenvalue weighted by Gasteiger charge is -2.11. The van der Waals surface area contributed by atoms with Crippen molar-refractivity contribution in [3.63, 3.8) is 0 Å². The van der Waals surface area contributed by atoms with Crippen LogP contribution in [-0.2, 0) is 23.1 Å². The highest BCUT2D eigenvalue weighted by molar-refractivity contribution is 7.91. The van der Waals surface area contributed by atoms with Gasteiger partial charge in [0.25, 0.3) is 10.0 Å². The Kier molecular flexibility index (Phi) is 7.61. The van der Waals surface area contributed by atoms with Crippen molar-refractivity contribution < 1.29 is 8.42 Å². The van der Waals surface area contributed by atoms with Crippen LogP contribution >= 0.6 is 11.3 Å². The van der Waals surface area contributed by atoms with Gasteiger partial charge in [0.15, 0.2) is 5.96 Å². The summed E-state index contributed by atoms with van der Waals surface area (Å²) >= 11 is 1.25. The fourth-order valence-electron chi connectivity index (χ4n) is 2.14. The second-order valence-corrected chi connectivity index (χ2v) is 9.30. The van der Waals surface area contributed by atoms with Crippen LogP contribution in [0.25, 0.3) is 0 Å². The molecule has 2 rings (SSSR count). The van der Waals surface area contributed by atoms with Gasteiger partial charge in [0.05, 0.1) is 6.54 Å². The zero-order valence-corrected chi connectivity index (χ0v) is 17.0. The molecule has 0 unspecified atom stereocenters. The lowest BCUT2D eigenvalue weighted by atomic mass is 10.4. The van der Waals surface area contributed by atoms with Gasteiger partial charge in [-0.1, -0.05) is 0 Å². The summed E-state index contributed by atoms with van der Waals surface area (Å²) in [5.74, 6) is 0.721. The van der Waals surface area contributed by atoms with Crippen LogP contribution in [0.2, 0.25) is 0 Å². The summed E-state index contributed by atoms with van der Waals surface area (Å²) in [6.07, 6.45) is 4.64. The van der Waals surface area contributed by atoms with Gasteiger partial charge >= 0.3 is 0 Å². The summed E-state index contributed by atoms with van der Waals surface area (Å²) in [7, 11) is -0.318. The highest BCUT2D eigenvalue weighted by atomic mass is 32.2. The fourth-order valence-corrected chi connectivity index (χ4v) is 4.59. The number of hydrogen-bond donors (Lipinski definition) is 2. The Balaban J connectivity index is 1.89. The molecule has 2 aromatic heterocycles. The van der Waals surface area contributed by atoms with Gasteiger partial charge < -0.3 is 10.6 Å². The molecule has 2 heterocycles. The van der Waals surface area contributed by atoms with E-state index in [2.05, 4.69) is 20.7 Å². The Morgan fingerprint density at radius 3 is 2.81 bits per heavy atom. The molecule has 0 atom stereocenters. The van der Waals surface area contributed by atoms with Crippen LogP contribution in [0.3, 0.4) is 0 Å². The molecule has 0 aliphatic heterocycles. The molecule has 0 saturated carbocycles. The summed E-state index contributed by atoms with van der Waals surface area (Å²) in [5.41, 5.74) is 0. The molecule has 0 aromatic carbocycles. The molecular weight excluding hydrogens is 372 g/mol. The Hall–Kier alpha value is -1.91. The van der Waals surface area contributed by atoms with Gasteiger partial charge in [-0.05, 0) is 31.5 Å². The average molecular weight is 399 g/mol. The van der Waals surface area contributed by atoms with Crippen LogP contribution < -0.4 is 10.6 Å². The molecule has 0 saturated heterocycles. The zero-order chi connectivity index (χ0) is 19.0. The lowest BCUT2D eigenvalue weighted by Crippen LogP contribution is -2.38. The van der Waals surface area contributed by atoms with Crippen molar-refractivity contribution in [1.82, 2.24) is 24.7 Å². The quantitative estimate of drug-likeness (QED) is 0.378. The Labute approximate surface area is 159 Å². The van der Waals surface area contributed by atoms with Crippen molar-refractivity contribution in [3.8, 4) is 0 Å². The lowest BCUT2D eigenvalue weighted by molar-refractivity contribution is 0.523. The van der Waals surface area contributed by atoms with Gasteiger partial charge in [-0.2, -0.15) is 5.10 Å². The maximum Gasteiger partial charge on any atom is 0.252 e. The topological polar surface area (TPSA) is 91.6 Å². The largest absolute Gasteiger partial charge is 0.357 e. The van der Waals surface area contributed by atoms with E-state index in [1.165, 1.54) is 29.7 Å². The number of aliphatic imine (C=N–C) groups is 1. The third-order valence-electron chi connectivity index (χ3n) is 3.52. The van der Waals surface area contributed by atoms with Gasteiger partial charge in [-0.25, -0.2) is 17.7 Å². The van der Waals surface area contributed by atoms with E-state index in [1.807, 2.05) is 29.9 Å². The van der Waals surface area contributed by atoms with E-state index in [4.69, 9.17) is 0 Å². The zero-order valence-electron chi connectivity index (χ0n) is 15.3. The second kappa shape index (κ2) is 9.70. The molecule has 2 N–H and O–H groups in total. The first kappa shape index (κ1) is 20.4. The van der Waals surface area contributed by atoms with Crippen LogP contribution in [0.15, 0.2) is 39.8 Å². The van der Waals surface area contributed by atoms with E-state index in [-0.39, 0.29) is 0 Å². The van der Waals surface area contributed by atoms with Gasteiger partial charge in [0.1, 0.15) is 4.21 Å². The number of sulfonamides is 1. The smallest absolute Gasteiger partial charge is 0.252 e. The first-order valence-electron chi connectivity index (χ1n) is 8.44. The van der Waals surface area contributed by atoms with E-state index in [0.29, 0.717) is 10.8 Å². The fraction of sp³-hybridized carbons (Fsp3) is 0.500. The molecule has 10 heteroatoms. The van der Waals surface area contributed by atoms with Gasteiger partial charge in [0.2, 0.25) is 0 Å². The minimum Gasteiger partial charge on any atom is -0.357 e. The molecule has 0 spiro atoms. The van der Waals surface area contributed by atoms with Gasteiger partial charge in [0, 0.05) is 51.0 Å². The number of guanidine groups is 1. The molecule has 0 amide bonds. The first-order chi connectivity index (χ1) is 12.4. The molecule has 0 aliphatic rings. The van der Waals surface area contributed by atoms with E-state index in [9.17, 15) is 8.42 Å². The Bertz CT molecular complexity index is 797. The van der Waals surface area contributed by atoms with E-state index < -0.39 is 10.0 Å². The molecule has 8 nitrogen and oxygen atoms in total. The summed E-state index contributed by atoms with van der Waals surface area (Å²) in [4.78, 5) is 5.43. The van der Waals surface area contributed by atoms with Crippen LogP contribution in [0.1, 0.15) is 18.2 Å². The molecule has 0 radical (unpaired) electrons. The number of aromatic nitrogens is 2. The maximum absolute atomic E-state index is 12.1. The van der Waals surface area contributed by atoms with Crippen molar-refractivity contribution in [1.29, 1.82) is 0 Å². The number of nitrogens with one attached hydrogen (secondary N) is 2. The monoisotopic (exact) mass is 398 g/mol. The summed E-state index contributed by atoms with van der Waals surface area (Å²) in [6.45, 7) is 4.82. The minimum absolute atomic E-state index is 0.338. The summed E-state index contributed by atoms with van der Waals surface area (Å²) < 4.78 is 27.7. The first-order valence-corrected chi connectivity index (χ1v) is 10.7.